The molecule has 17 nitrogen and oxygen atoms in total. The highest BCUT2D eigenvalue weighted by molar-refractivity contribution is 7.47. The maximum atomic E-state index is 13.1. The second-order valence-electron chi connectivity index (χ2n) is 24.5. The number of aliphatic hydroxyl groups is 1. The van der Waals surface area contributed by atoms with Gasteiger partial charge in [0.1, 0.15) is 19.3 Å². The Labute approximate surface area is 604 Å². The Hall–Kier alpha value is -5.32. The molecule has 19 heteroatoms. The van der Waals surface area contributed by atoms with E-state index >= 15 is 0 Å². The number of esters is 4. The summed E-state index contributed by atoms with van der Waals surface area (Å²) in [6.45, 7) is 4.34. The summed E-state index contributed by atoms with van der Waals surface area (Å²) < 4.78 is 68.3. The number of ether oxygens (including phenoxy) is 4. The van der Waals surface area contributed by atoms with Crippen LogP contribution in [-0.4, -0.2) is 96.7 Å². The van der Waals surface area contributed by atoms with Crippen molar-refractivity contribution in [3.8, 4) is 0 Å². The van der Waals surface area contributed by atoms with E-state index in [1.54, 1.807) is 0 Å². The van der Waals surface area contributed by atoms with Gasteiger partial charge in [0.2, 0.25) is 0 Å². The first-order valence-corrected chi connectivity index (χ1v) is 40.7. The van der Waals surface area contributed by atoms with Gasteiger partial charge in [-0.15, -0.1) is 0 Å². The van der Waals surface area contributed by atoms with Crippen LogP contribution in [0.2, 0.25) is 0 Å². The molecule has 0 spiro atoms. The molecule has 0 aromatic heterocycles. The lowest BCUT2D eigenvalue weighted by atomic mass is 10.1. The molecule has 0 saturated carbocycles. The van der Waals surface area contributed by atoms with Gasteiger partial charge < -0.3 is 33.8 Å². The molecule has 0 aliphatic heterocycles. The van der Waals surface area contributed by atoms with Gasteiger partial charge in [0.05, 0.1) is 26.4 Å². The van der Waals surface area contributed by atoms with Crippen molar-refractivity contribution in [2.75, 3.05) is 39.6 Å². The lowest BCUT2D eigenvalue weighted by Crippen LogP contribution is -2.30. The molecule has 0 radical (unpaired) electrons. The Morgan fingerprint density at radius 2 is 0.540 bits per heavy atom. The van der Waals surface area contributed by atoms with E-state index in [0.717, 1.165) is 148 Å². The lowest BCUT2D eigenvalue weighted by Gasteiger charge is -2.21. The van der Waals surface area contributed by atoms with Gasteiger partial charge in [0.25, 0.3) is 0 Å². The van der Waals surface area contributed by atoms with Crippen molar-refractivity contribution in [1.29, 1.82) is 0 Å². The third-order valence-corrected chi connectivity index (χ3v) is 16.9. The largest absolute Gasteiger partial charge is 0.472 e. The van der Waals surface area contributed by atoms with E-state index in [0.29, 0.717) is 32.1 Å². The first-order valence-electron chi connectivity index (χ1n) is 37.7. The Morgan fingerprint density at radius 3 is 0.880 bits per heavy atom. The highest BCUT2D eigenvalue weighted by atomic mass is 31.2. The SMILES string of the molecule is CC/C=C\C/C=C\C/C=C\C/C=C\C/C=C\C/C=C\CCC(=O)OCC(COP(=O)(O)OCC(O)COP(=O)(O)OCC(COC(=O)CCCC/C=C\C/C=C\C/C=C\C/C=C\CC)OC(=O)CCCCCCC/C=C\C/C=C\C/C=C\CC)OC(=O)CCCCCCCCCCCCC. The molecule has 5 atom stereocenters. The van der Waals surface area contributed by atoms with Crippen molar-refractivity contribution >= 4 is 39.5 Å². The van der Waals surface area contributed by atoms with Gasteiger partial charge in [0, 0.05) is 25.7 Å². The normalized spacial score (nSPS) is 14.8. The van der Waals surface area contributed by atoms with Gasteiger partial charge >= 0.3 is 39.5 Å². The van der Waals surface area contributed by atoms with Crippen molar-refractivity contribution in [2.24, 2.45) is 0 Å². The number of hydrogen-bond donors (Lipinski definition) is 3. The Morgan fingerprint density at radius 1 is 0.290 bits per heavy atom. The number of rotatable bonds is 69. The van der Waals surface area contributed by atoms with E-state index in [1.165, 1.54) is 38.5 Å². The van der Waals surface area contributed by atoms with Gasteiger partial charge in [-0.3, -0.25) is 37.3 Å². The Kier molecular flexibility index (Phi) is 68.2. The van der Waals surface area contributed by atoms with Crippen LogP contribution in [0, 0.1) is 0 Å². The summed E-state index contributed by atoms with van der Waals surface area (Å²) in [5, 5.41) is 10.6. The molecule has 0 saturated heterocycles. The molecule has 5 unspecified atom stereocenters. The van der Waals surface area contributed by atoms with E-state index in [1.807, 2.05) is 18.2 Å². The summed E-state index contributed by atoms with van der Waals surface area (Å²) in [5.74, 6) is -2.35. The van der Waals surface area contributed by atoms with E-state index in [4.69, 9.17) is 37.0 Å². The maximum Gasteiger partial charge on any atom is 0.472 e. The van der Waals surface area contributed by atoms with E-state index in [2.05, 4.69) is 167 Å². The van der Waals surface area contributed by atoms with Crippen LogP contribution in [0.15, 0.2) is 158 Å². The monoisotopic (exact) mass is 1440 g/mol. The second kappa shape index (κ2) is 72.0. The van der Waals surface area contributed by atoms with Gasteiger partial charge in [0.15, 0.2) is 12.2 Å². The fourth-order valence-corrected chi connectivity index (χ4v) is 10.9. The zero-order valence-electron chi connectivity index (χ0n) is 61.8. The molecule has 0 aliphatic rings. The van der Waals surface area contributed by atoms with Crippen LogP contribution in [0.4, 0.5) is 0 Å². The van der Waals surface area contributed by atoms with Crippen molar-refractivity contribution in [3.63, 3.8) is 0 Å². The number of phosphoric ester groups is 2. The third-order valence-electron chi connectivity index (χ3n) is 15.0. The minimum absolute atomic E-state index is 0.0323. The summed E-state index contributed by atoms with van der Waals surface area (Å²) in [4.78, 5) is 72.8. The molecule has 0 aromatic carbocycles. The molecule has 3 N–H and O–H groups in total. The van der Waals surface area contributed by atoms with Gasteiger partial charge in [-0.25, -0.2) is 9.13 Å². The molecule has 568 valence electrons. The van der Waals surface area contributed by atoms with Crippen LogP contribution in [0.3, 0.4) is 0 Å². The minimum atomic E-state index is -5.00. The highest BCUT2D eigenvalue weighted by Crippen LogP contribution is 2.45. The smallest absolute Gasteiger partial charge is 0.462 e. The molecular formula is C81H132O17P2. The number of unbranched alkanes of at least 4 members (excludes halogenated alkanes) is 17. The van der Waals surface area contributed by atoms with Crippen LogP contribution in [0.5, 0.6) is 0 Å². The molecular weight excluding hydrogens is 1310 g/mol. The third kappa shape index (κ3) is 71.1. The first kappa shape index (κ1) is 94.7. The predicted octanol–water partition coefficient (Wildman–Crippen LogP) is 21.7. The summed E-state index contributed by atoms with van der Waals surface area (Å²) in [6.07, 6.45) is 82.6. The molecule has 0 heterocycles. The zero-order valence-corrected chi connectivity index (χ0v) is 63.6. The second-order valence-corrected chi connectivity index (χ2v) is 27.4. The van der Waals surface area contributed by atoms with Crippen molar-refractivity contribution in [2.45, 2.75) is 290 Å². The zero-order chi connectivity index (χ0) is 73.2. The molecule has 0 aromatic rings. The van der Waals surface area contributed by atoms with Crippen LogP contribution < -0.4 is 0 Å². The van der Waals surface area contributed by atoms with Crippen molar-refractivity contribution < 1.29 is 80.2 Å². The number of aliphatic hydroxyl groups excluding tert-OH is 1. The fraction of sp³-hybridized carbons (Fsp3) is 0.630. The van der Waals surface area contributed by atoms with E-state index in [-0.39, 0.29) is 25.7 Å². The standard InChI is InChI=1S/C81H132O17P2/c1-5-9-13-17-21-25-29-32-35-36-37-38-41-43-47-50-54-58-62-66-79(84)91-71-76(97-80(85)67-63-59-55-51-45-28-24-20-16-12-8-4)73-95-99(87,88)93-69-75(82)70-94-100(89,90)96-74-77(98-81(86)68-64-60-56-52-48-44-40-34-31-27-23-19-15-11-7-3)72-92-78(83)65-61-57-53-49-46-42-39-33-30-26-22-18-14-10-6-2/h9-11,13-15,21-23,25-27,32-35,37-40,43,46-47,49,54,58,75-77,82H,5-8,12,16-20,24,28-31,36,41-42,44-45,48,50-53,55-57,59-74H2,1-4H3,(H,87,88)(H,89,90)/b13-9-,14-10-,15-11-,25-21-,26-22-,27-23-,35-32-,38-37-,39-33-,40-34-,47-43-,49-46-,58-54-. The van der Waals surface area contributed by atoms with Crippen LogP contribution in [0.1, 0.15) is 272 Å². The van der Waals surface area contributed by atoms with E-state index < -0.39 is 97.5 Å². The average molecular weight is 1440 g/mol. The molecule has 0 aliphatic carbocycles. The number of hydrogen-bond acceptors (Lipinski definition) is 15. The first-order chi connectivity index (χ1) is 48.7. The fourth-order valence-electron chi connectivity index (χ4n) is 9.37. The predicted molar refractivity (Wildman–Crippen MR) is 408 cm³/mol. The van der Waals surface area contributed by atoms with Gasteiger partial charge in [-0.1, -0.05) is 269 Å². The van der Waals surface area contributed by atoms with Crippen LogP contribution in [0.25, 0.3) is 0 Å². The van der Waals surface area contributed by atoms with Gasteiger partial charge in [-0.2, -0.15) is 0 Å². The van der Waals surface area contributed by atoms with Gasteiger partial charge in [-0.05, 0) is 135 Å². The molecule has 0 bridgehead atoms. The Balaban J connectivity index is 5.44. The molecule has 0 rings (SSSR count). The Bertz CT molecular complexity index is 2520. The quantitative estimate of drug-likeness (QED) is 0.0169. The number of carbonyl (C=O) groups excluding carboxylic acids is 4. The highest BCUT2D eigenvalue weighted by Gasteiger charge is 2.30. The summed E-state index contributed by atoms with van der Waals surface area (Å²) in [6, 6.07) is 0. The van der Waals surface area contributed by atoms with E-state index in [9.17, 15) is 43.2 Å². The average Bonchev–Trinajstić information content (AvgIpc) is 0.953. The topological polar surface area (TPSA) is 237 Å². The number of phosphoric acid groups is 2. The summed E-state index contributed by atoms with van der Waals surface area (Å²) >= 11 is 0. The number of carbonyl (C=O) groups is 4. The minimum Gasteiger partial charge on any atom is -0.462 e. The lowest BCUT2D eigenvalue weighted by molar-refractivity contribution is -0.161. The maximum absolute atomic E-state index is 13.1. The summed E-state index contributed by atoms with van der Waals surface area (Å²) in [5.41, 5.74) is 0. The molecule has 100 heavy (non-hydrogen) atoms. The van der Waals surface area contributed by atoms with Crippen LogP contribution >= 0.6 is 15.6 Å². The van der Waals surface area contributed by atoms with Crippen molar-refractivity contribution in [3.05, 3.63) is 158 Å². The van der Waals surface area contributed by atoms with Crippen LogP contribution in [-0.2, 0) is 65.4 Å². The molecule has 0 fully saturated rings. The van der Waals surface area contributed by atoms with Crippen molar-refractivity contribution in [1.82, 2.24) is 0 Å². The summed E-state index contributed by atoms with van der Waals surface area (Å²) in [7, 11) is -9.99. The molecule has 0 amide bonds. The number of allylic oxidation sites excluding steroid dienone is 26.